The largest absolute Gasteiger partial charge is 0.444 e. The fraction of sp³-hybridized carbons (Fsp3) is 0.423. The van der Waals surface area contributed by atoms with Crippen molar-refractivity contribution in [1.29, 1.82) is 0 Å². The first-order valence-corrected chi connectivity index (χ1v) is 11.3. The Kier molecular flexibility index (Phi) is 9.45. The van der Waals surface area contributed by atoms with Crippen LogP contribution in [0, 0.1) is 0 Å². The van der Waals surface area contributed by atoms with Gasteiger partial charge in [-0.15, -0.1) is 0 Å². The number of benzene rings is 2. The van der Waals surface area contributed by atoms with E-state index in [1.165, 1.54) is 4.90 Å². The van der Waals surface area contributed by atoms with Crippen LogP contribution in [0.5, 0.6) is 0 Å². The number of nitrogens with one attached hydrogen (secondary N) is 2. The van der Waals surface area contributed by atoms with E-state index in [9.17, 15) is 14.4 Å². The first kappa shape index (κ1) is 25.9. The van der Waals surface area contributed by atoms with Crippen LogP contribution in [0.3, 0.4) is 0 Å². The quantitative estimate of drug-likeness (QED) is 0.601. The van der Waals surface area contributed by atoms with E-state index < -0.39 is 17.7 Å². The van der Waals surface area contributed by atoms with Crippen LogP contribution in [0.1, 0.15) is 57.4 Å². The molecule has 2 N–H and O–H groups in total. The molecule has 0 aromatic heterocycles. The summed E-state index contributed by atoms with van der Waals surface area (Å²) in [4.78, 5) is 39.8. The molecule has 2 rings (SSSR count). The Morgan fingerprint density at radius 2 is 1.55 bits per heavy atom. The third-order valence-electron chi connectivity index (χ3n) is 5.02. The van der Waals surface area contributed by atoms with Crippen molar-refractivity contribution >= 4 is 17.9 Å². The normalized spacial score (nSPS) is 11.9. The second-order valence-electron chi connectivity index (χ2n) is 8.74. The van der Waals surface area contributed by atoms with Gasteiger partial charge in [0.1, 0.15) is 18.2 Å². The topological polar surface area (TPSA) is 87.7 Å². The molecule has 0 bridgehead atoms. The fourth-order valence-electron chi connectivity index (χ4n) is 3.36. The van der Waals surface area contributed by atoms with Gasteiger partial charge in [0.25, 0.3) is 0 Å². The van der Waals surface area contributed by atoms with Crippen LogP contribution in [0.25, 0.3) is 0 Å². The number of carbonyl (C=O) groups is 3. The van der Waals surface area contributed by atoms with Crippen molar-refractivity contribution in [2.75, 3.05) is 13.1 Å². The van der Waals surface area contributed by atoms with Gasteiger partial charge in [-0.1, -0.05) is 61.5 Å². The molecule has 0 spiro atoms. The Balaban J connectivity index is 2.20. The van der Waals surface area contributed by atoms with Gasteiger partial charge >= 0.3 is 6.09 Å². The first-order chi connectivity index (χ1) is 15.6. The highest BCUT2D eigenvalue weighted by Crippen LogP contribution is 2.22. The van der Waals surface area contributed by atoms with Crippen LogP contribution in [-0.4, -0.2) is 41.5 Å². The molecule has 0 fully saturated rings. The standard InChI is InChI=1S/C26H35N3O4/c1-6-19-13-15-21(16-14-19)23(24(31)27-17-20-11-9-8-10-12-20)29(7-2)22(30)18-28-25(32)33-26(3,4)5/h8-16,23H,6-7,17-18H2,1-5H3,(H,27,31)(H,28,32). The fourth-order valence-corrected chi connectivity index (χ4v) is 3.36. The molecule has 0 saturated carbocycles. The summed E-state index contributed by atoms with van der Waals surface area (Å²) >= 11 is 0. The molecule has 0 aliphatic heterocycles. The second kappa shape index (κ2) is 12.0. The number of aryl methyl sites for hydroxylation is 1. The molecule has 3 amide bonds. The third kappa shape index (κ3) is 8.25. The summed E-state index contributed by atoms with van der Waals surface area (Å²) in [6.45, 7) is 9.50. The van der Waals surface area contributed by atoms with E-state index in [4.69, 9.17) is 4.74 Å². The van der Waals surface area contributed by atoms with Gasteiger partial charge in [0, 0.05) is 13.1 Å². The Bertz CT molecular complexity index is 921. The zero-order valence-electron chi connectivity index (χ0n) is 20.2. The maximum absolute atomic E-state index is 13.3. The average Bonchev–Trinajstić information content (AvgIpc) is 2.79. The number of rotatable bonds is 9. The lowest BCUT2D eigenvalue weighted by Crippen LogP contribution is -2.47. The van der Waals surface area contributed by atoms with Crippen LogP contribution >= 0.6 is 0 Å². The number of alkyl carbamates (subject to hydrolysis) is 1. The van der Waals surface area contributed by atoms with Crippen LogP contribution in [-0.2, 0) is 27.3 Å². The molecular weight excluding hydrogens is 418 g/mol. The van der Waals surface area contributed by atoms with Crippen LogP contribution < -0.4 is 10.6 Å². The number of nitrogens with zero attached hydrogens (tertiary/aromatic N) is 1. The molecule has 2 aromatic rings. The molecule has 178 valence electrons. The second-order valence-corrected chi connectivity index (χ2v) is 8.74. The van der Waals surface area contributed by atoms with Crippen LogP contribution in [0.15, 0.2) is 54.6 Å². The number of carbonyl (C=O) groups excluding carboxylic acids is 3. The van der Waals surface area contributed by atoms with Gasteiger partial charge in [0.05, 0.1) is 0 Å². The maximum Gasteiger partial charge on any atom is 0.408 e. The van der Waals surface area contributed by atoms with E-state index in [-0.39, 0.29) is 18.4 Å². The summed E-state index contributed by atoms with van der Waals surface area (Å²) in [5, 5.41) is 5.44. The number of hydrogen-bond donors (Lipinski definition) is 2. The lowest BCUT2D eigenvalue weighted by atomic mass is 10.0. The lowest BCUT2D eigenvalue weighted by Gasteiger charge is -2.31. The summed E-state index contributed by atoms with van der Waals surface area (Å²) in [5.74, 6) is -0.654. The van der Waals surface area contributed by atoms with Crippen molar-refractivity contribution in [3.63, 3.8) is 0 Å². The van der Waals surface area contributed by atoms with Crippen molar-refractivity contribution in [3.8, 4) is 0 Å². The van der Waals surface area contributed by atoms with E-state index in [0.717, 1.165) is 17.5 Å². The molecule has 33 heavy (non-hydrogen) atoms. The molecule has 7 heteroatoms. The van der Waals surface area contributed by atoms with Crippen molar-refractivity contribution < 1.29 is 19.1 Å². The summed E-state index contributed by atoms with van der Waals surface area (Å²) in [6.07, 6.45) is 0.200. The maximum atomic E-state index is 13.3. The van der Waals surface area contributed by atoms with Crippen LogP contribution in [0.4, 0.5) is 4.79 Å². The summed E-state index contributed by atoms with van der Waals surface area (Å²) in [5.41, 5.74) is 2.15. The highest BCUT2D eigenvalue weighted by molar-refractivity contribution is 5.90. The number of amides is 3. The van der Waals surface area contributed by atoms with Crippen LogP contribution in [0.2, 0.25) is 0 Å². The lowest BCUT2D eigenvalue weighted by molar-refractivity contribution is -0.140. The Morgan fingerprint density at radius 3 is 2.09 bits per heavy atom. The summed E-state index contributed by atoms with van der Waals surface area (Å²) in [6, 6.07) is 16.5. The molecule has 0 aliphatic carbocycles. The number of hydrogen-bond acceptors (Lipinski definition) is 4. The molecule has 7 nitrogen and oxygen atoms in total. The zero-order valence-corrected chi connectivity index (χ0v) is 20.2. The minimum Gasteiger partial charge on any atom is -0.444 e. The minimum atomic E-state index is -0.822. The van der Waals surface area contributed by atoms with E-state index in [2.05, 4.69) is 17.6 Å². The molecule has 1 unspecified atom stereocenters. The van der Waals surface area contributed by atoms with Gasteiger partial charge in [-0.05, 0) is 50.8 Å². The Labute approximate surface area is 196 Å². The smallest absolute Gasteiger partial charge is 0.408 e. The zero-order chi connectivity index (χ0) is 24.4. The predicted molar refractivity (Wildman–Crippen MR) is 128 cm³/mol. The predicted octanol–water partition coefficient (Wildman–Crippen LogP) is 3.98. The average molecular weight is 454 g/mol. The molecule has 0 radical (unpaired) electrons. The van der Waals surface area contributed by atoms with E-state index in [1.54, 1.807) is 20.8 Å². The van der Waals surface area contributed by atoms with Gasteiger partial charge in [-0.3, -0.25) is 9.59 Å². The van der Waals surface area contributed by atoms with Gasteiger partial charge in [-0.2, -0.15) is 0 Å². The van der Waals surface area contributed by atoms with Crippen molar-refractivity contribution in [2.45, 2.75) is 59.2 Å². The Morgan fingerprint density at radius 1 is 0.909 bits per heavy atom. The third-order valence-corrected chi connectivity index (χ3v) is 5.02. The van der Waals surface area contributed by atoms with E-state index >= 15 is 0 Å². The van der Waals surface area contributed by atoms with Gasteiger partial charge in [-0.25, -0.2) is 4.79 Å². The van der Waals surface area contributed by atoms with E-state index in [0.29, 0.717) is 18.7 Å². The first-order valence-electron chi connectivity index (χ1n) is 11.3. The number of likely N-dealkylation sites (N-methyl/N-ethyl adjacent to an activating group) is 1. The molecule has 2 aromatic carbocycles. The highest BCUT2D eigenvalue weighted by atomic mass is 16.6. The molecule has 0 aliphatic rings. The van der Waals surface area contributed by atoms with Gasteiger partial charge in [0.15, 0.2) is 0 Å². The van der Waals surface area contributed by atoms with Gasteiger partial charge < -0.3 is 20.3 Å². The highest BCUT2D eigenvalue weighted by Gasteiger charge is 2.30. The molecular formula is C26H35N3O4. The van der Waals surface area contributed by atoms with Gasteiger partial charge in [0.2, 0.25) is 11.8 Å². The molecule has 1 atom stereocenters. The van der Waals surface area contributed by atoms with Crippen molar-refractivity contribution in [2.24, 2.45) is 0 Å². The molecule has 0 heterocycles. The van der Waals surface area contributed by atoms with Crippen molar-refractivity contribution in [1.82, 2.24) is 15.5 Å². The number of ether oxygens (including phenoxy) is 1. The SMILES string of the molecule is CCc1ccc(C(C(=O)NCc2ccccc2)N(CC)C(=O)CNC(=O)OC(C)(C)C)cc1. The monoisotopic (exact) mass is 453 g/mol. The minimum absolute atomic E-state index is 0.266. The summed E-state index contributed by atoms with van der Waals surface area (Å²) < 4.78 is 5.21. The Hall–Kier alpha value is -3.35. The van der Waals surface area contributed by atoms with Crippen molar-refractivity contribution in [3.05, 3.63) is 71.3 Å². The molecule has 0 saturated heterocycles. The van der Waals surface area contributed by atoms with E-state index in [1.807, 2.05) is 61.5 Å². The summed E-state index contributed by atoms with van der Waals surface area (Å²) in [7, 11) is 0.